The SMILES string of the molecule is CN(C)C(=O)N1CCC(C(=O)Nc2nnc(CSCc3ccccc3)s2)CC1. The summed E-state index contributed by atoms with van der Waals surface area (Å²) >= 11 is 3.20. The third-order valence-electron chi connectivity index (χ3n) is 4.55. The van der Waals surface area contributed by atoms with Crippen LogP contribution in [0.5, 0.6) is 0 Å². The Morgan fingerprint density at radius 1 is 1.18 bits per heavy atom. The molecule has 3 amide bonds. The molecule has 0 saturated carbocycles. The molecule has 0 atom stereocenters. The van der Waals surface area contributed by atoms with Gasteiger partial charge < -0.3 is 15.1 Å². The molecule has 1 aromatic heterocycles. The number of anilines is 1. The first kappa shape index (κ1) is 20.6. The second-order valence-corrected chi connectivity index (χ2v) is 8.95. The summed E-state index contributed by atoms with van der Waals surface area (Å²) in [5.74, 6) is 1.57. The quantitative estimate of drug-likeness (QED) is 0.777. The molecule has 2 heterocycles. The van der Waals surface area contributed by atoms with Gasteiger partial charge in [-0.15, -0.1) is 22.0 Å². The third-order valence-corrected chi connectivity index (χ3v) is 6.59. The molecule has 1 saturated heterocycles. The molecule has 0 unspecified atom stereocenters. The monoisotopic (exact) mass is 419 g/mol. The zero-order valence-electron chi connectivity index (χ0n) is 16.1. The molecular formula is C19H25N5O2S2. The lowest BCUT2D eigenvalue weighted by Gasteiger charge is -2.32. The van der Waals surface area contributed by atoms with Crippen LogP contribution in [0.25, 0.3) is 0 Å². The van der Waals surface area contributed by atoms with E-state index in [1.165, 1.54) is 16.9 Å². The van der Waals surface area contributed by atoms with Gasteiger partial charge in [-0.25, -0.2) is 4.79 Å². The maximum Gasteiger partial charge on any atom is 0.319 e. The number of hydrogen-bond acceptors (Lipinski definition) is 6. The van der Waals surface area contributed by atoms with Crippen molar-refractivity contribution in [3.8, 4) is 0 Å². The fourth-order valence-electron chi connectivity index (χ4n) is 3.02. The minimum Gasteiger partial charge on any atom is -0.331 e. The molecule has 150 valence electrons. The van der Waals surface area contributed by atoms with Crippen molar-refractivity contribution in [3.63, 3.8) is 0 Å². The molecule has 0 radical (unpaired) electrons. The van der Waals surface area contributed by atoms with Crippen molar-refractivity contribution in [1.29, 1.82) is 0 Å². The van der Waals surface area contributed by atoms with Crippen molar-refractivity contribution in [2.75, 3.05) is 32.5 Å². The van der Waals surface area contributed by atoms with Crippen LogP contribution in [-0.2, 0) is 16.3 Å². The standard InChI is InChI=1S/C19H25N5O2S2/c1-23(2)19(26)24-10-8-15(9-11-24)17(25)20-18-22-21-16(28-18)13-27-12-14-6-4-3-5-7-14/h3-7,15H,8-13H2,1-2H3,(H,20,22,25). The number of rotatable bonds is 6. The first-order chi connectivity index (χ1) is 13.5. The Labute approximate surface area is 173 Å². The summed E-state index contributed by atoms with van der Waals surface area (Å²) in [5, 5.41) is 12.6. The summed E-state index contributed by atoms with van der Waals surface area (Å²) in [5.41, 5.74) is 1.28. The number of carbonyl (C=O) groups is 2. The molecule has 3 rings (SSSR count). The molecule has 0 bridgehead atoms. The fourth-order valence-corrected chi connectivity index (χ4v) is 4.80. The van der Waals surface area contributed by atoms with Crippen molar-refractivity contribution < 1.29 is 9.59 Å². The molecule has 1 aliphatic heterocycles. The van der Waals surface area contributed by atoms with Crippen LogP contribution in [0, 0.1) is 5.92 Å². The predicted molar refractivity (Wildman–Crippen MR) is 113 cm³/mol. The van der Waals surface area contributed by atoms with Gasteiger partial charge in [0.2, 0.25) is 11.0 Å². The van der Waals surface area contributed by atoms with Gasteiger partial charge >= 0.3 is 6.03 Å². The van der Waals surface area contributed by atoms with Crippen molar-refractivity contribution in [3.05, 3.63) is 40.9 Å². The van der Waals surface area contributed by atoms with Gasteiger partial charge in [0.05, 0.1) is 0 Å². The second kappa shape index (κ2) is 9.88. The highest BCUT2D eigenvalue weighted by atomic mass is 32.2. The molecule has 7 nitrogen and oxygen atoms in total. The summed E-state index contributed by atoms with van der Waals surface area (Å²) in [6.45, 7) is 1.21. The van der Waals surface area contributed by atoms with Crippen molar-refractivity contribution >= 4 is 40.2 Å². The summed E-state index contributed by atoms with van der Waals surface area (Å²) in [4.78, 5) is 27.8. The van der Waals surface area contributed by atoms with E-state index in [0.717, 1.165) is 16.5 Å². The van der Waals surface area contributed by atoms with Crippen LogP contribution in [0.2, 0.25) is 0 Å². The van der Waals surface area contributed by atoms with Gasteiger partial charge in [0.25, 0.3) is 0 Å². The molecule has 1 aromatic carbocycles. The van der Waals surface area contributed by atoms with Crippen LogP contribution >= 0.6 is 23.1 Å². The molecule has 28 heavy (non-hydrogen) atoms. The van der Waals surface area contributed by atoms with Gasteiger partial charge in [-0.2, -0.15) is 0 Å². The number of piperidine rings is 1. The smallest absolute Gasteiger partial charge is 0.319 e. The van der Waals surface area contributed by atoms with Crippen molar-refractivity contribution in [2.45, 2.75) is 24.3 Å². The van der Waals surface area contributed by atoms with Crippen LogP contribution in [0.3, 0.4) is 0 Å². The zero-order chi connectivity index (χ0) is 19.9. The fraction of sp³-hybridized carbons (Fsp3) is 0.474. The molecule has 0 aliphatic carbocycles. The van der Waals surface area contributed by atoms with E-state index < -0.39 is 0 Å². The first-order valence-corrected chi connectivity index (χ1v) is 11.2. The minimum absolute atomic E-state index is 0.000580. The summed E-state index contributed by atoms with van der Waals surface area (Å²) < 4.78 is 0. The van der Waals surface area contributed by atoms with Crippen LogP contribution in [0.1, 0.15) is 23.4 Å². The van der Waals surface area contributed by atoms with Gasteiger partial charge in [0.15, 0.2) is 0 Å². The number of urea groups is 1. The van der Waals surface area contributed by atoms with E-state index in [1.54, 1.807) is 35.7 Å². The largest absolute Gasteiger partial charge is 0.331 e. The molecule has 9 heteroatoms. The number of amides is 3. The van der Waals surface area contributed by atoms with Gasteiger partial charge in [0, 0.05) is 44.6 Å². The topological polar surface area (TPSA) is 78.4 Å². The maximum atomic E-state index is 12.5. The lowest BCUT2D eigenvalue weighted by atomic mass is 9.96. The minimum atomic E-state index is -0.0917. The zero-order valence-corrected chi connectivity index (χ0v) is 17.8. The average molecular weight is 420 g/mol. The van der Waals surface area contributed by atoms with Gasteiger partial charge in [-0.1, -0.05) is 41.7 Å². The Hall–Kier alpha value is -2.13. The molecule has 1 fully saturated rings. The number of thioether (sulfide) groups is 1. The van der Waals surface area contributed by atoms with Crippen LogP contribution < -0.4 is 5.32 Å². The number of carbonyl (C=O) groups excluding carboxylic acids is 2. The molecule has 1 aliphatic rings. The highest BCUT2D eigenvalue weighted by Crippen LogP contribution is 2.24. The number of benzene rings is 1. The summed E-state index contributed by atoms with van der Waals surface area (Å²) in [7, 11) is 3.48. The van der Waals surface area contributed by atoms with E-state index in [1.807, 2.05) is 18.2 Å². The van der Waals surface area contributed by atoms with Crippen molar-refractivity contribution in [1.82, 2.24) is 20.0 Å². The Balaban J connectivity index is 1.42. The molecule has 1 N–H and O–H groups in total. The normalized spacial score (nSPS) is 14.7. The van der Waals surface area contributed by atoms with Crippen LogP contribution in [-0.4, -0.2) is 59.1 Å². The van der Waals surface area contributed by atoms with E-state index in [9.17, 15) is 9.59 Å². The highest BCUT2D eigenvalue weighted by Gasteiger charge is 2.28. The summed E-state index contributed by atoms with van der Waals surface area (Å²) in [6.07, 6.45) is 1.34. The van der Waals surface area contributed by atoms with E-state index in [4.69, 9.17) is 0 Å². The molecule has 2 aromatic rings. The summed E-state index contributed by atoms with van der Waals surface area (Å²) in [6, 6.07) is 10.3. The number of aromatic nitrogens is 2. The second-order valence-electron chi connectivity index (χ2n) is 6.91. The lowest BCUT2D eigenvalue weighted by molar-refractivity contribution is -0.121. The van der Waals surface area contributed by atoms with E-state index in [2.05, 4.69) is 27.6 Å². The molecule has 0 spiro atoms. The van der Waals surface area contributed by atoms with E-state index in [0.29, 0.717) is 31.1 Å². The number of nitrogens with one attached hydrogen (secondary N) is 1. The average Bonchev–Trinajstić information content (AvgIpc) is 3.15. The number of hydrogen-bond donors (Lipinski definition) is 1. The molecular weight excluding hydrogens is 394 g/mol. The maximum absolute atomic E-state index is 12.5. The lowest BCUT2D eigenvalue weighted by Crippen LogP contribution is -2.45. The van der Waals surface area contributed by atoms with Gasteiger partial charge in [0.1, 0.15) is 5.01 Å². The Morgan fingerprint density at radius 3 is 2.57 bits per heavy atom. The van der Waals surface area contributed by atoms with E-state index >= 15 is 0 Å². The number of likely N-dealkylation sites (tertiary alicyclic amines) is 1. The Kier molecular flexibility index (Phi) is 7.27. The van der Waals surface area contributed by atoms with Gasteiger partial charge in [-0.3, -0.25) is 4.79 Å². The van der Waals surface area contributed by atoms with Gasteiger partial charge in [-0.05, 0) is 18.4 Å². The highest BCUT2D eigenvalue weighted by molar-refractivity contribution is 7.97. The third kappa shape index (κ3) is 5.68. The predicted octanol–water partition coefficient (Wildman–Crippen LogP) is 3.30. The Morgan fingerprint density at radius 2 is 1.89 bits per heavy atom. The van der Waals surface area contributed by atoms with Crippen LogP contribution in [0.15, 0.2) is 30.3 Å². The van der Waals surface area contributed by atoms with E-state index in [-0.39, 0.29) is 17.9 Å². The first-order valence-electron chi connectivity index (χ1n) is 9.24. The van der Waals surface area contributed by atoms with Crippen LogP contribution in [0.4, 0.5) is 9.93 Å². The number of nitrogens with zero attached hydrogens (tertiary/aromatic N) is 4. The van der Waals surface area contributed by atoms with Crippen molar-refractivity contribution in [2.24, 2.45) is 5.92 Å². The Bertz CT molecular complexity index is 789.